The lowest BCUT2D eigenvalue weighted by molar-refractivity contribution is 0.149. The summed E-state index contributed by atoms with van der Waals surface area (Å²) in [7, 11) is 1.63. The van der Waals surface area contributed by atoms with Gasteiger partial charge in [-0.25, -0.2) is 9.48 Å². The highest BCUT2D eigenvalue weighted by atomic mass is 16.3. The molecule has 2 amide bonds. The highest BCUT2D eigenvalue weighted by molar-refractivity contribution is 5.88. The molecule has 1 aromatic heterocycles. The van der Waals surface area contributed by atoms with Gasteiger partial charge in [0.25, 0.3) is 0 Å². The van der Waals surface area contributed by atoms with Gasteiger partial charge in [0.15, 0.2) is 5.82 Å². The quantitative estimate of drug-likeness (QED) is 0.911. The number of aromatic nitrogens is 2. The molecule has 1 aromatic carbocycles. The summed E-state index contributed by atoms with van der Waals surface area (Å²) in [6.07, 6.45) is -0.569. The van der Waals surface area contributed by atoms with Crippen LogP contribution >= 0.6 is 0 Å². The SMILES string of the molecule is Cc1cc(C)cc(-n2nc(NC(=O)N(C)C[C@H](C)O)cc2C)c1. The number of amides is 2. The third-order valence-electron chi connectivity index (χ3n) is 3.46. The number of rotatable bonds is 4. The standard InChI is InChI=1S/C17H24N4O2/c1-11-6-12(2)8-15(7-11)21-13(3)9-16(19-21)18-17(23)20(5)10-14(4)22/h6-9,14,22H,10H2,1-5H3,(H,18,19,23)/t14-/m0/s1. The van der Waals surface area contributed by atoms with Crippen LogP contribution in [0.2, 0.25) is 0 Å². The van der Waals surface area contributed by atoms with Gasteiger partial charge in [-0.3, -0.25) is 5.32 Å². The van der Waals surface area contributed by atoms with Gasteiger partial charge in [0.2, 0.25) is 0 Å². The van der Waals surface area contributed by atoms with E-state index in [1.807, 2.05) is 31.5 Å². The van der Waals surface area contributed by atoms with Gasteiger partial charge in [-0.05, 0) is 51.0 Å². The van der Waals surface area contributed by atoms with E-state index in [1.54, 1.807) is 14.0 Å². The predicted octanol–water partition coefficient (Wildman–Crippen LogP) is 2.64. The summed E-state index contributed by atoms with van der Waals surface area (Å²) in [5, 5.41) is 16.6. The van der Waals surface area contributed by atoms with Gasteiger partial charge in [-0.15, -0.1) is 5.10 Å². The highest BCUT2D eigenvalue weighted by Crippen LogP contribution is 2.18. The lowest BCUT2D eigenvalue weighted by atomic mass is 10.1. The number of aliphatic hydroxyl groups is 1. The molecule has 2 rings (SSSR count). The minimum Gasteiger partial charge on any atom is -0.392 e. The van der Waals surface area contributed by atoms with E-state index in [4.69, 9.17) is 0 Å². The molecule has 0 unspecified atom stereocenters. The van der Waals surface area contributed by atoms with Crippen LogP contribution in [0.3, 0.4) is 0 Å². The van der Waals surface area contributed by atoms with E-state index in [1.165, 1.54) is 4.90 Å². The van der Waals surface area contributed by atoms with Crippen LogP contribution in [0.25, 0.3) is 5.69 Å². The first kappa shape index (κ1) is 17.0. The van der Waals surface area contributed by atoms with Crippen molar-refractivity contribution in [2.75, 3.05) is 18.9 Å². The van der Waals surface area contributed by atoms with Crippen molar-refractivity contribution >= 4 is 11.8 Å². The van der Waals surface area contributed by atoms with Crippen molar-refractivity contribution in [3.63, 3.8) is 0 Å². The Balaban J connectivity index is 2.19. The molecule has 0 saturated heterocycles. The van der Waals surface area contributed by atoms with Crippen LogP contribution in [0.15, 0.2) is 24.3 Å². The first-order chi connectivity index (χ1) is 10.8. The second-order valence-electron chi connectivity index (χ2n) is 6.09. The summed E-state index contributed by atoms with van der Waals surface area (Å²) in [5.74, 6) is 0.490. The molecule has 0 radical (unpaired) electrons. The highest BCUT2D eigenvalue weighted by Gasteiger charge is 2.14. The van der Waals surface area contributed by atoms with Crippen LogP contribution in [0, 0.1) is 20.8 Å². The van der Waals surface area contributed by atoms with E-state index < -0.39 is 6.10 Å². The number of hydrogen-bond donors (Lipinski definition) is 2. The molecule has 0 aliphatic rings. The molecule has 1 atom stereocenters. The third kappa shape index (κ3) is 4.32. The first-order valence-electron chi connectivity index (χ1n) is 7.62. The molecule has 0 fully saturated rings. The number of benzene rings is 1. The van der Waals surface area contributed by atoms with Crippen LogP contribution in [-0.2, 0) is 0 Å². The molecule has 6 nitrogen and oxygen atoms in total. The number of nitrogens with one attached hydrogen (secondary N) is 1. The molecule has 0 spiro atoms. The number of carbonyl (C=O) groups is 1. The third-order valence-corrected chi connectivity index (χ3v) is 3.46. The summed E-state index contributed by atoms with van der Waals surface area (Å²) in [6, 6.07) is 7.74. The summed E-state index contributed by atoms with van der Waals surface area (Å²) in [5.41, 5.74) is 4.23. The van der Waals surface area contributed by atoms with E-state index in [0.29, 0.717) is 5.82 Å². The van der Waals surface area contributed by atoms with Gasteiger partial charge in [0.1, 0.15) is 0 Å². The van der Waals surface area contributed by atoms with Crippen molar-refractivity contribution in [1.29, 1.82) is 0 Å². The van der Waals surface area contributed by atoms with Crippen molar-refractivity contribution in [2.24, 2.45) is 0 Å². The Morgan fingerprint density at radius 3 is 2.43 bits per heavy atom. The number of likely N-dealkylation sites (N-methyl/N-ethyl adjacent to an activating group) is 1. The van der Waals surface area contributed by atoms with Crippen LogP contribution < -0.4 is 5.32 Å². The Kier molecular flexibility index (Phi) is 5.05. The van der Waals surface area contributed by atoms with Gasteiger partial charge in [0.05, 0.1) is 11.8 Å². The van der Waals surface area contributed by atoms with Crippen LogP contribution in [0.4, 0.5) is 10.6 Å². The zero-order valence-corrected chi connectivity index (χ0v) is 14.3. The summed E-state index contributed by atoms with van der Waals surface area (Å²) >= 11 is 0. The summed E-state index contributed by atoms with van der Waals surface area (Å²) in [4.78, 5) is 13.5. The van der Waals surface area contributed by atoms with E-state index in [9.17, 15) is 9.90 Å². The smallest absolute Gasteiger partial charge is 0.322 e. The number of aliphatic hydroxyl groups excluding tert-OH is 1. The number of hydrogen-bond acceptors (Lipinski definition) is 3. The molecule has 0 aliphatic carbocycles. The largest absolute Gasteiger partial charge is 0.392 e. The predicted molar refractivity (Wildman–Crippen MR) is 91.1 cm³/mol. The van der Waals surface area contributed by atoms with Crippen molar-refractivity contribution in [3.05, 3.63) is 41.1 Å². The Hall–Kier alpha value is -2.34. The fourth-order valence-electron chi connectivity index (χ4n) is 2.55. The van der Waals surface area contributed by atoms with Crippen LogP contribution in [0.1, 0.15) is 23.7 Å². The Morgan fingerprint density at radius 2 is 1.87 bits per heavy atom. The number of nitrogens with zero attached hydrogens (tertiary/aromatic N) is 3. The van der Waals surface area contributed by atoms with Gasteiger partial charge in [0, 0.05) is 25.4 Å². The van der Waals surface area contributed by atoms with Crippen LogP contribution in [0.5, 0.6) is 0 Å². The fraction of sp³-hybridized carbons (Fsp3) is 0.412. The minimum atomic E-state index is -0.569. The Bertz CT molecular complexity index is 686. The topological polar surface area (TPSA) is 70.4 Å². The second-order valence-corrected chi connectivity index (χ2v) is 6.09. The zero-order valence-electron chi connectivity index (χ0n) is 14.3. The minimum absolute atomic E-state index is 0.266. The Labute approximate surface area is 136 Å². The molecule has 0 saturated carbocycles. The van der Waals surface area contributed by atoms with Gasteiger partial charge >= 0.3 is 6.03 Å². The molecule has 0 bridgehead atoms. The second kappa shape index (κ2) is 6.83. The maximum atomic E-state index is 12.1. The molecular weight excluding hydrogens is 292 g/mol. The molecule has 6 heteroatoms. The molecule has 0 aliphatic heterocycles. The maximum Gasteiger partial charge on any atom is 0.322 e. The van der Waals surface area contributed by atoms with Crippen LogP contribution in [-0.4, -0.2) is 45.5 Å². The number of aryl methyl sites for hydroxylation is 3. The van der Waals surface area contributed by atoms with Crippen molar-refractivity contribution in [2.45, 2.75) is 33.8 Å². The normalized spacial score (nSPS) is 12.1. The number of anilines is 1. The van der Waals surface area contributed by atoms with Gasteiger partial charge < -0.3 is 10.0 Å². The van der Waals surface area contributed by atoms with E-state index >= 15 is 0 Å². The molecule has 1 heterocycles. The molecule has 124 valence electrons. The van der Waals surface area contributed by atoms with E-state index in [0.717, 1.165) is 22.5 Å². The fourth-order valence-corrected chi connectivity index (χ4v) is 2.55. The van der Waals surface area contributed by atoms with E-state index in [-0.39, 0.29) is 12.6 Å². The molecular formula is C17H24N4O2. The molecule has 2 aromatic rings. The zero-order chi connectivity index (χ0) is 17.1. The average molecular weight is 316 g/mol. The number of carbonyl (C=O) groups excluding carboxylic acids is 1. The lowest BCUT2D eigenvalue weighted by Gasteiger charge is -2.18. The Morgan fingerprint density at radius 1 is 1.26 bits per heavy atom. The van der Waals surface area contributed by atoms with Gasteiger partial charge in [-0.1, -0.05) is 6.07 Å². The summed E-state index contributed by atoms with van der Waals surface area (Å²) in [6.45, 7) is 7.94. The maximum absolute atomic E-state index is 12.1. The average Bonchev–Trinajstić information content (AvgIpc) is 2.77. The number of urea groups is 1. The van der Waals surface area contributed by atoms with E-state index in [2.05, 4.69) is 28.6 Å². The van der Waals surface area contributed by atoms with Crippen molar-refractivity contribution in [1.82, 2.24) is 14.7 Å². The lowest BCUT2D eigenvalue weighted by Crippen LogP contribution is -2.36. The molecule has 23 heavy (non-hydrogen) atoms. The van der Waals surface area contributed by atoms with Crippen molar-refractivity contribution in [3.8, 4) is 5.69 Å². The van der Waals surface area contributed by atoms with Gasteiger partial charge in [-0.2, -0.15) is 0 Å². The summed E-state index contributed by atoms with van der Waals surface area (Å²) < 4.78 is 1.81. The monoisotopic (exact) mass is 316 g/mol. The van der Waals surface area contributed by atoms with Crippen molar-refractivity contribution < 1.29 is 9.90 Å². The first-order valence-corrected chi connectivity index (χ1v) is 7.62. The molecule has 2 N–H and O–H groups in total.